The molecule has 17 heavy (non-hydrogen) atoms. The second kappa shape index (κ2) is 3.96. The summed E-state index contributed by atoms with van der Waals surface area (Å²) >= 11 is 0. The number of nitrogens with zero attached hydrogens (tertiary/aromatic N) is 5. The Morgan fingerprint density at radius 3 is 2.88 bits per heavy atom. The van der Waals surface area contributed by atoms with Gasteiger partial charge in [-0.05, 0) is 19.8 Å². The van der Waals surface area contributed by atoms with Gasteiger partial charge in [0.1, 0.15) is 12.1 Å². The highest BCUT2D eigenvalue weighted by Gasteiger charge is 2.19. The molecule has 0 aliphatic carbocycles. The number of fused-ring (bicyclic) bond motifs is 1. The first-order valence-electron chi connectivity index (χ1n) is 5.92. The Balaban J connectivity index is 2.01. The Bertz CT molecular complexity index is 526. The number of piperidine rings is 1. The first-order valence-corrected chi connectivity index (χ1v) is 5.92. The van der Waals surface area contributed by atoms with Gasteiger partial charge in [-0.15, -0.1) is 0 Å². The fourth-order valence-electron chi connectivity index (χ4n) is 2.27. The minimum absolute atomic E-state index is 0.334. The number of hydrogen-bond donors (Lipinski definition) is 1. The van der Waals surface area contributed by atoms with E-state index in [2.05, 4.69) is 26.0 Å². The SMILES string of the molecule is Cc1cc(N2CCC(N)CC2)n2ncnc2n1. The van der Waals surface area contributed by atoms with E-state index < -0.39 is 0 Å². The lowest BCUT2D eigenvalue weighted by Crippen LogP contribution is -2.40. The molecular formula is C11H16N6. The van der Waals surface area contributed by atoms with Crippen LogP contribution in [0.4, 0.5) is 5.82 Å². The van der Waals surface area contributed by atoms with E-state index in [4.69, 9.17) is 5.73 Å². The third-order valence-corrected chi connectivity index (χ3v) is 3.22. The summed E-state index contributed by atoms with van der Waals surface area (Å²) in [6.07, 6.45) is 3.59. The highest BCUT2D eigenvalue weighted by Crippen LogP contribution is 2.20. The molecule has 1 fully saturated rings. The molecule has 6 heteroatoms. The number of nitrogens with two attached hydrogens (primary N) is 1. The van der Waals surface area contributed by atoms with Crippen molar-refractivity contribution < 1.29 is 0 Å². The van der Waals surface area contributed by atoms with Crippen molar-refractivity contribution in [1.29, 1.82) is 0 Å². The molecule has 2 aromatic heterocycles. The number of rotatable bonds is 1. The zero-order valence-corrected chi connectivity index (χ0v) is 9.87. The summed E-state index contributed by atoms with van der Waals surface area (Å²) in [6, 6.07) is 2.39. The van der Waals surface area contributed by atoms with Crippen molar-refractivity contribution in [3.63, 3.8) is 0 Å². The third-order valence-electron chi connectivity index (χ3n) is 3.22. The second-order valence-electron chi connectivity index (χ2n) is 4.55. The molecule has 90 valence electrons. The predicted molar refractivity (Wildman–Crippen MR) is 64.9 cm³/mol. The van der Waals surface area contributed by atoms with Crippen LogP contribution in [0, 0.1) is 6.92 Å². The van der Waals surface area contributed by atoms with Crippen LogP contribution in [0.3, 0.4) is 0 Å². The molecule has 6 nitrogen and oxygen atoms in total. The molecule has 0 unspecified atom stereocenters. The summed E-state index contributed by atoms with van der Waals surface area (Å²) in [4.78, 5) is 10.8. The fourth-order valence-corrected chi connectivity index (χ4v) is 2.27. The maximum absolute atomic E-state index is 5.92. The van der Waals surface area contributed by atoms with Crippen LogP contribution in [0.5, 0.6) is 0 Å². The summed E-state index contributed by atoms with van der Waals surface area (Å²) in [5.41, 5.74) is 6.89. The molecule has 1 saturated heterocycles. The molecule has 0 bridgehead atoms. The monoisotopic (exact) mass is 232 g/mol. The zero-order valence-electron chi connectivity index (χ0n) is 9.87. The maximum Gasteiger partial charge on any atom is 0.254 e. The van der Waals surface area contributed by atoms with Crippen molar-refractivity contribution in [2.75, 3.05) is 18.0 Å². The van der Waals surface area contributed by atoms with E-state index in [1.165, 1.54) is 0 Å². The third kappa shape index (κ3) is 1.84. The molecular weight excluding hydrogens is 216 g/mol. The first-order chi connectivity index (χ1) is 8.24. The molecule has 1 aliphatic rings. The van der Waals surface area contributed by atoms with Crippen molar-refractivity contribution in [3.8, 4) is 0 Å². The van der Waals surface area contributed by atoms with Crippen molar-refractivity contribution in [3.05, 3.63) is 18.1 Å². The Kier molecular flexibility index (Phi) is 2.44. The zero-order chi connectivity index (χ0) is 11.8. The molecule has 1 aliphatic heterocycles. The minimum Gasteiger partial charge on any atom is -0.356 e. The number of aromatic nitrogens is 4. The van der Waals surface area contributed by atoms with E-state index in [1.54, 1.807) is 10.8 Å². The van der Waals surface area contributed by atoms with Crippen LogP contribution in [0.2, 0.25) is 0 Å². The number of hydrogen-bond acceptors (Lipinski definition) is 5. The standard InChI is InChI=1S/C11H16N6/c1-8-6-10(16-4-2-9(12)3-5-16)17-11(15-8)13-7-14-17/h6-7,9H,2-5,12H2,1H3. The summed E-state index contributed by atoms with van der Waals surface area (Å²) in [6.45, 7) is 3.92. The lowest BCUT2D eigenvalue weighted by Gasteiger charge is -2.31. The van der Waals surface area contributed by atoms with Gasteiger partial charge < -0.3 is 10.6 Å². The Hall–Kier alpha value is -1.69. The summed E-state index contributed by atoms with van der Waals surface area (Å²) in [5, 5.41) is 4.22. The second-order valence-corrected chi connectivity index (χ2v) is 4.55. The van der Waals surface area contributed by atoms with Gasteiger partial charge in [0.05, 0.1) is 0 Å². The van der Waals surface area contributed by atoms with Crippen molar-refractivity contribution >= 4 is 11.6 Å². The van der Waals surface area contributed by atoms with Gasteiger partial charge in [0, 0.05) is 30.9 Å². The van der Waals surface area contributed by atoms with Gasteiger partial charge in [-0.3, -0.25) is 0 Å². The normalized spacial score (nSPS) is 17.9. The molecule has 3 rings (SSSR count). The topological polar surface area (TPSA) is 72.3 Å². The largest absolute Gasteiger partial charge is 0.356 e. The lowest BCUT2D eigenvalue weighted by atomic mass is 10.1. The smallest absolute Gasteiger partial charge is 0.254 e. The van der Waals surface area contributed by atoms with Crippen LogP contribution < -0.4 is 10.6 Å². The van der Waals surface area contributed by atoms with Gasteiger partial charge in [0.15, 0.2) is 0 Å². The van der Waals surface area contributed by atoms with Crippen LogP contribution in [-0.4, -0.2) is 38.7 Å². The van der Waals surface area contributed by atoms with Gasteiger partial charge >= 0.3 is 0 Å². The molecule has 0 aromatic carbocycles. The van der Waals surface area contributed by atoms with E-state index >= 15 is 0 Å². The van der Waals surface area contributed by atoms with E-state index in [9.17, 15) is 0 Å². The first kappa shape index (κ1) is 10.5. The minimum atomic E-state index is 0.334. The van der Waals surface area contributed by atoms with Crippen molar-refractivity contribution in [2.24, 2.45) is 5.73 Å². The van der Waals surface area contributed by atoms with Gasteiger partial charge in [-0.2, -0.15) is 14.6 Å². The van der Waals surface area contributed by atoms with Crippen LogP contribution in [0.1, 0.15) is 18.5 Å². The predicted octanol–water partition coefficient (Wildman–Crippen LogP) is 0.360. The van der Waals surface area contributed by atoms with Gasteiger partial charge in [-0.25, -0.2) is 4.98 Å². The van der Waals surface area contributed by atoms with Crippen molar-refractivity contribution in [2.45, 2.75) is 25.8 Å². The van der Waals surface area contributed by atoms with Crippen LogP contribution in [0.25, 0.3) is 5.78 Å². The molecule has 0 spiro atoms. The maximum atomic E-state index is 5.92. The van der Waals surface area contributed by atoms with E-state index in [0.29, 0.717) is 11.8 Å². The number of anilines is 1. The molecule has 3 heterocycles. The summed E-state index contributed by atoms with van der Waals surface area (Å²) in [7, 11) is 0. The Labute approximate surface area is 99.5 Å². The molecule has 0 amide bonds. The van der Waals surface area contributed by atoms with Gasteiger partial charge in [0.2, 0.25) is 0 Å². The highest BCUT2D eigenvalue weighted by molar-refractivity contribution is 5.47. The van der Waals surface area contributed by atoms with E-state index in [0.717, 1.165) is 37.4 Å². The van der Waals surface area contributed by atoms with Crippen LogP contribution >= 0.6 is 0 Å². The molecule has 2 aromatic rings. The van der Waals surface area contributed by atoms with Crippen molar-refractivity contribution in [1.82, 2.24) is 19.6 Å². The Morgan fingerprint density at radius 1 is 1.35 bits per heavy atom. The summed E-state index contributed by atoms with van der Waals surface area (Å²) < 4.78 is 1.80. The van der Waals surface area contributed by atoms with Crippen LogP contribution in [-0.2, 0) is 0 Å². The average Bonchev–Trinajstić information content (AvgIpc) is 2.77. The molecule has 0 radical (unpaired) electrons. The molecule has 0 atom stereocenters. The van der Waals surface area contributed by atoms with Gasteiger partial charge in [-0.1, -0.05) is 0 Å². The van der Waals surface area contributed by atoms with E-state index in [1.807, 2.05) is 6.92 Å². The quantitative estimate of drug-likeness (QED) is 0.768. The fraction of sp³-hybridized carbons (Fsp3) is 0.545. The van der Waals surface area contributed by atoms with Crippen LogP contribution in [0.15, 0.2) is 12.4 Å². The Morgan fingerprint density at radius 2 is 2.12 bits per heavy atom. The van der Waals surface area contributed by atoms with E-state index in [-0.39, 0.29) is 0 Å². The molecule has 2 N–H and O–H groups in total. The number of aryl methyl sites for hydroxylation is 1. The average molecular weight is 232 g/mol. The molecule has 0 saturated carbocycles. The highest BCUT2D eigenvalue weighted by atomic mass is 15.4. The van der Waals surface area contributed by atoms with Gasteiger partial charge in [0.25, 0.3) is 5.78 Å². The summed E-state index contributed by atoms with van der Waals surface area (Å²) in [5.74, 6) is 1.73. The lowest BCUT2D eigenvalue weighted by molar-refractivity contribution is 0.496.